The molecule has 0 unspecified atom stereocenters. The average molecular weight is 260 g/mol. The predicted octanol–water partition coefficient (Wildman–Crippen LogP) is 0.846. The summed E-state index contributed by atoms with van der Waals surface area (Å²) in [7, 11) is 0. The van der Waals surface area contributed by atoms with E-state index in [2.05, 4.69) is 15.3 Å². The molecular formula is C13H16N4O2. The summed E-state index contributed by atoms with van der Waals surface area (Å²) >= 11 is 0. The molecule has 1 amide bonds. The number of nitrogens with two attached hydrogens (primary N) is 1. The zero-order valence-corrected chi connectivity index (χ0v) is 10.9. The van der Waals surface area contributed by atoms with Crippen LogP contribution in [-0.2, 0) is 4.79 Å². The minimum Gasteiger partial charge on any atom is -0.369 e. The molecule has 0 spiro atoms. The van der Waals surface area contributed by atoms with Gasteiger partial charge in [-0.05, 0) is 26.0 Å². The Bertz CT molecular complexity index is 676. The molecule has 2 rings (SSSR count). The third-order valence-electron chi connectivity index (χ3n) is 2.98. The van der Waals surface area contributed by atoms with E-state index in [0.29, 0.717) is 23.4 Å². The van der Waals surface area contributed by atoms with Gasteiger partial charge in [0.1, 0.15) is 0 Å². The van der Waals surface area contributed by atoms with Crippen molar-refractivity contribution in [2.75, 3.05) is 11.9 Å². The lowest BCUT2D eigenvalue weighted by molar-refractivity contribution is -0.125. The Kier molecular flexibility index (Phi) is 3.25. The van der Waals surface area contributed by atoms with Crippen LogP contribution in [0.4, 0.5) is 5.95 Å². The lowest BCUT2D eigenvalue weighted by atomic mass is 9.93. The molecule has 1 aromatic heterocycles. The van der Waals surface area contributed by atoms with Gasteiger partial charge in [0.15, 0.2) is 0 Å². The number of H-pyrrole nitrogens is 1. The molecule has 2 aromatic rings. The van der Waals surface area contributed by atoms with Crippen molar-refractivity contribution in [3.05, 3.63) is 34.6 Å². The Morgan fingerprint density at radius 2 is 2.11 bits per heavy atom. The number of benzene rings is 1. The summed E-state index contributed by atoms with van der Waals surface area (Å²) < 4.78 is 0. The Morgan fingerprint density at radius 1 is 1.42 bits per heavy atom. The van der Waals surface area contributed by atoms with Crippen LogP contribution in [0.2, 0.25) is 0 Å². The molecule has 0 radical (unpaired) electrons. The number of anilines is 1. The highest BCUT2D eigenvalue weighted by Crippen LogP contribution is 2.15. The van der Waals surface area contributed by atoms with Crippen molar-refractivity contribution < 1.29 is 4.79 Å². The van der Waals surface area contributed by atoms with Crippen LogP contribution >= 0.6 is 0 Å². The van der Waals surface area contributed by atoms with Crippen molar-refractivity contribution in [3.63, 3.8) is 0 Å². The maximum absolute atomic E-state index is 11.8. The normalized spacial score (nSPS) is 11.5. The van der Waals surface area contributed by atoms with Crippen LogP contribution in [0.3, 0.4) is 0 Å². The summed E-state index contributed by atoms with van der Waals surface area (Å²) in [6.07, 6.45) is 0. The quantitative estimate of drug-likeness (QED) is 0.758. The van der Waals surface area contributed by atoms with E-state index in [1.165, 1.54) is 0 Å². The number of para-hydroxylation sites is 1. The Morgan fingerprint density at radius 3 is 2.79 bits per heavy atom. The van der Waals surface area contributed by atoms with Crippen LogP contribution in [0.5, 0.6) is 0 Å². The van der Waals surface area contributed by atoms with Gasteiger partial charge in [-0.15, -0.1) is 0 Å². The highest BCUT2D eigenvalue weighted by atomic mass is 16.1. The zero-order valence-electron chi connectivity index (χ0n) is 10.9. The number of amides is 1. The van der Waals surface area contributed by atoms with E-state index in [-0.39, 0.29) is 5.56 Å². The summed E-state index contributed by atoms with van der Waals surface area (Å²) in [6.45, 7) is 3.74. The Labute approximate surface area is 110 Å². The number of rotatable bonds is 4. The van der Waals surface area contributed by atoms with Gasteiger partial charge < -0.3 is 11.1 Å². The van der Waals surface area contributed by atoms with Gasteiger partial charge in [0, 0.05) is 6.54 Å². The second kappa shape index (κ2) is 4.72. The number of hydrogen-bond acceptors (Lipinski definition) is 4. The highest BCUT2D eigenvalue weighted by Gasteiger charge is 2.24. The molecular weight excluding hydrogens is 244 g/mol. The summed E-state index contributed by atoms with van der Waals surface area (Å²) in [5.74, 6) is -0.0823. The maximum Gasteiger partial charge on any atom is 0.260 e. The Balaban J connectivity index is 2.27. The molecule has 1 aromatic carbocycles. The van der Waals surface area contributed by atoms with E-state index in [0.717, 1.165) is 0 Å². The van der Waals surface area contributed by atoms with Crippen LogP contribution in [-0.4, -0.2) is 22.4 Å². The van der Waals surface area contributed by atoms with Crippen molar-refractivity contribution in [1.82, 2.24) is 9.97 Å². The first-order valence-electron chi connectivity index (χ1n) is 5.93. The number of carbonyl (C=O) groups is 1. The third-order valence-corrected chi connectivity index (χ3v) is 2.98. The molecule has 0 aliphatic heterocycles. The van der Waals surface area contributed by atoms with Gasteiger partial charge in [-0.3, -0.25) is 14.6 Å². The average Bonchev–Trinajstić information content (AvgIpc) is 2.36. The molecule has 0 fully saturated rings. The number of primary amides is 1. The number of carbonyl (C=O) groups excluding carboxylic acids is 1. The molecule has 6 heteroatoms. The van der Waals surface area contributed by atoms with Crippen LogP contribution in [0, 0.1) is 5.41 Å². The number of nitrogens with zero attached hydrogens (tertiary/aromatic N) is 1. The topological polar surface area (TPSA) is 101 Å². The molecule has 0 saturated carbocycles. The first-order valence-corrected chi connectivity index (χ1v) is 5.93. The van der Waals surface area contributed by atoms with Crippen LogP contribution in [0.15, 0.2) is 29.1 Å². The predicted molar refractivity (Wildman–Crippen MR) is 73.8 cm³/mol. The fourth-order valence-electron chi connectivity index (χ4n) is 1.56. The number of nitrogens with one attached hydrogen (secondary N) is 2. The molecule has 0 atom stereocenters. The standard InChI is InChI=1S/C13H16N4O2/c1-13(2,11(14)19)7-15-12-16-9-6-4-3-5-8(9)10(18)17-12/h3-6H,7H2,1-2H3,(H2,14,19)(H2,15,16,17,18). The molecule has 19 heavy (non-hydrogen) atoms. The first-order chi connectivity index (χ1) is 8.90. The molecule has 6 nitrogen and oxygen atoms in total. The van der Waals surface area contributed by atoms with Crippen molar-refractivity contribution >= 4 is 22.8 Å². The summed E-state index contributed by atoms with van der Waals surface area (Å²) in [5, 5.41) is 3.46. The molecule has 4 N–H and O–H groups in total. The summed E-state index contributed by atoms with van der Waals surface area (Å²) in [5.41, 5.74) is 4.95. The van der Waals surface area contributed by atoms with Gasteiger partial charge in [0.2, 0.25) is 11.9 Å². The fourth-order valence-corrected chi connectivity index (χ4v) is 1.56. The first kappa shape index (κ1) is 13.1. The molecule has 0 bridgehead atoms. The monoisotopic (exact) mass is 260 g/mol. The van der Waals surface area contributed by atoms with E-state index in [9.17, 15) is 9.59 Å². The van der Waals surface area contributed by atoms with Gasteiger partial charge in [-0.2, -0.15) is 0 Å². The highest BCUT2D eigenvalue weighted by molar-refractivity contribution is 5.81. The van der Waals surface area contributed by atoms with Gasteiger partial charge >= 0.3 is 0 Å². The largest absolute Gasteiger partial charge is 0.369 e. The van der Waals surface area contributed by atoms with Crippen LogP contribution in [0.1, 0.15) is 13.8 Å². The van der Waals surface area contributed by atoms with Gasteiger partial charge in [-0.25, -0.2) is 4.98 Å². The molecule has 0 aliphatic carbocycles. The van der Waals surface area contributed by atoms with E-state index >= 15 is 0 Å². The van der Waals surface area contributed by atoms with Gasteiger partial charge in [0.25, 0.3) is 5.56 Å². The third kappa shape index (κ3) is 2.73. The Hall–Kier alpha value is -2.37. The van der Waals surface area contributed by atoms with Crippen LogP contribution < -0.4 is 16.6 Å². The molecule has 100 valence electrons. The minimum atomic E-state index is -0.718. The lowest BCUT2D eigenvalue weighted by Gasteiger charge is -2.20. The lowest BCUT2D eigenvalue weighted by Crippen LogP contribution is -2.37. The molecule has 0 saturated heterocycles. The van der Waals surface area contributed by atoms with Crippen molar-refractivity contribution in [1.29, 1.82) is 0 Å². The summed E-state index contributed by atoms with van der Waals surface area (Å²) in [6, 6.07) is 7.06. The second-order valence-electron chi connectivity index (χ2n) is 5.03. The number of fused-ring (bicyclic) bond motifs is 1. The van der Waals surface area contributed by atoms with E-state index in [1.807, 2.05) is 6.07 Å². The van der Waals surface area contributed by atoms with E-state index < -0.39 is 11.3 Å². The SMILES string of the molecule is CC(C)(CNc1nc2ccccc2c(=O)[nH]1)C(N)=O. The minimum absolute atomic E-state index is 0.218. The van der Waals surface area contributed by atoms with Crippen molar-refractivity contribution in [2.45, 2.75) is 13.8 Å². The molecule has 0 aliphatic rings. The van der Waals surface area contributed by atoms with Gasteiger partial charge in [-0.1, -0.05) is 12.1 Å². The zero-order chi connectivity index (χ0) is 14.0. The van der Waals surface area contributed by atoms with E-state index in [1.54, 1.807) is 32.0 Å². The second-order valence-corrected chi connectivity index (χ2v) is 5.03. The van der Waals surface area contributed by atoms with Crippen molar-refractivity contribution in [3.8, 4) is 0 Å². The van der Waals surface area contributed by atoms with Crippen LogP contribution in [0.25, 0.3) is 10.9 Å². The fraction of sp³-hybridized carbons (Fsp3) is 0.308. The number of hydrogen-bond donors (Lipinski definition) is 3. The number of aromatic nitrogens is 2. The maximum atomic E-state index is 11.8. The van der Waals surface area contributed by atoms with E-state index in [4.69, 9.17) is 5.73 Å². The summed E-state index contributed by atoms with van der Waals surface area (Å²) in [4.78, 5) is 30.0. The smallest absolute Gasteiger partial charge is 0.260 e. The van der Waals surface area contributed by atoms with Gasteiger partial charge in [0.05, 0.1) is 16.3 Å². The molecule has 1 heterocycles. The number of aromatic amines is 1. The van der Waals surface area contributed by atoms with Crippen molar-refractivity contribution in [2.24, 2.45) is 11.1 Å².